The lowest BCUT2D eigenvalue weighted by Crippen LogP contribution is -2.46. The number of ether oxygens (including phenoxy) is 1. The van der Waals surface area contributed by atoms with E-state index in [0.717, 1.165) is 19.3 Å². The van der Waals surface area contributed by atoms with Gasteiger partial charge in [-0.25, -0.2) is 0 Å². The van der Waals surface area contributed by atoms with E-state index < -0.39 is 0 Å². The van der Waals surface area contributed by atoms with Crippen LogP contribution in [0.1, 0.15) is 32.3 Å². The quantitative estimate of drug-likeness (QED) is 0.837. The normalized spacial score (nSPS) is 23.6. The summed E-state index contributed by atoms with van der Waals surface area (Å²) in [5.74, 6) is 0.203. The minimum absolute atomic E-state index is 0.117. The van der Waals surface area contributed by atoms with Crippen LogP contribution in [0.5, 0.6) is 0 Å². The highest BCUT2D eigenvalue weighted by Gasteiger charge is 2.40. The van der Waals surface area contributed by atoms with Crippen LogP contribution in [0, 0.1) is 0 Å². The molecule has 21 heavy (non-hydrogen) atoms. The molecule has 1 aromatic rings. The summed E-state index contributed by atoms with van der Waals surface area (Å²) in [5.41, 5.74) is 1.19. The molecule has 4 nitrogen and oxygen atoms in total. The monoisotopic (exact) mass is 290 g/mol. The molecule has 0 radical (unpaired) electrons. The van der Waals surface area contributed by atoms with E-state index in [9.17, 15) is 4.79 Å². The molecule has 1 aromatic carbocycles. The Balaban J connectivity index is 2.11. The lowest BCUT2D eigenvalue weighted by molar-refractivity contribution is -0.133. The van der Waals surface area contributed by atoms with Crippen molar-refractivity contribution >= 4 is 5.91 Å². The molecule has 3 unspecified atom stereocenters. The highest BCUT2D eigenvalue weighted by atomic mass is 16.5. The first-order chi connectivity index (χ1) is 10.2. The third-order valence-electron chi connectivity index (χ3n) is 4.17. The molecule has 2 rings (SSSR count). The van der Waals surface area contributed by atoms with E-state index in [-0.39, 0.29) is 24.2 Å². The summed E-state index contributed by atoms with van der Waals surface area (Å²) >= 11 is 0. The molecule has 0 aliphatic carbocycles. The zero-order chi connectivity index (χ0) is 15.2. The maximum absolute atomic E-state index is 12.8. The third kappa shape index (κ3) is 3.63. The summed E-state index contributed by atoms with van der Waals surface area (Å²) in [6.07, 6.45) is 2.69. The number of carbonyl (C=O) groups excluding carboxylic acids is 1. The van der Waals surface area contributed by atoms with E-state index in [2.05, 4.69) is 31.3 Å². The SMILES string of the molecule is CCC(COC)N1C(=O)C(Cc2ccccc2)NC1CC. The molecule has 0 saturated carbocycles. The molecule has 1 aliphatic rings. The highest BCUT2D eigenvalue weighted by Crippen LogP contribution is 2.21. The highest BCUT2D eigenvalue weighted by molar-refractivity contribution is 5.85. The van der Waals surface area contributed by atoms with E-state index >= 15 is 0 Å². The number of benzene rings is 1. The number of hydrogen-bond donors (Lipinski definition) is 1. The van der Waals surface area contributed by atoms with Crippen LogP contribution in [-0.2, 0) is 16.0 Å². The van der Waals surface area contributed by atoms with Gasteiger partial charge in [0.2, 0.25) is 5.91 Å². The zero-order valence-electron chi connectivity index (χ0n) is 13.2. The van der Waals surface area contributed by atoms with Gasteiger partial charge in [-0.1, -0.05) is 44.2 Å². The zero-order valence-corrected chi connectivity index (χ0v) is 13.2. The van der Waals surface area contributed by atoms with Gasteiger partial charge in [0.15, 0.2) is 0 Å². The van der Waals surface area contributed by atoms with Gasteiger partial charge in [-0.2, -0.15) is 0 Å². The summed E-state index contributed by atoms with van der Waals surface area (Å²) in [6, 6.07) is 10.2. The van der Waals surface area contributed by atoms with Gasteiger partial charge < -0.3 is 9.64 Å². The Labute approximate surface area is 127 Å². The number of methoxy groups -OCH3 is 1. The number of amides is 1. The molecule has 3 atom stereocenters. The molecule has 1 heterocycles. The van der Waals surface area contributed by atoms with Crippen LogP contribution in [0.3, 0.4) is 0 Å². The van der Waals surface area contributed by atoms with Crippen molar-refractivity contribution in [3.05, 3.63) is 35.9 Å². The summed E-state index contributed by atoms with van der Waals surface area (Å²) in [4.78, 5) is 14.8. The van der Waals surface area contributed by atoms with Crippen LogP contribution in [-0.4, -0.2) is 42.8 Å². The van der Waals surface area contributed by atoms with Crippen molar-refractivity contribution in [3.8, 4) is 0 Å². The van der Waals surface area contributed by atoms with Gasteiger partial charge in [0.1, 0.15) is 0 Å². The molecule has 1 N–H and O–H groups in total. The Morgan fingerprint density at radius 2 is 2.00 bits per heavy atom. The number of carbonyl (C=O) groups is 1. The maximum atomic E-state index is 12.8. The fourth-order valence-electron chi connectivity index (χ4n) is 3.05. The summed E-state index contributed by atoms with van der Waals surface area (Å²) in [6.45, 7) is 4.81. The standard InChI is InChI=1S/C17H26N2O2/c1-4-14(12-21-3)19-16(5-2)18-15(17(19)20)11-13-9-7-6-8-10-13/h6-10,14-16,18H,4-5,11-12H2,1-3H3. The number of nitrogens with zero attached hydrogens (tertiary/aromatic N) is 1. The lowest BCUT2D eigenvalue weighted by Gasteiger charge is -2.31. The fourth-order valence-corrected chi connectivity index (χ4v) is 3.05. The maximum Gasteiger partial charge on any atom is 0.241 e. The smallest absolute Gasteiger partial charge is 0.241 e. The fraction of sp³-hybridized carbons (Fsp3) is 0.588. The number of nitrogens with one attached hydrogen (secondary N) is 1. The second kappa shape index (κ2) is 7.57. The van der Waals surface area contributed by atoms with Crippen LogP contribution in [0.4, 0.5) is 0 Å². The Morgan fingerprint density at radius 1 is 1.29 bits per heavy atom. The van der Waals surface area contributed by atoms with Crippen LogP contribution in [0.2, 0.25) is 0 Å². The van der Waals surface area contributed by atoms with Gasteiger partial charge in [0, 0.05) is 7.11 Å². The average Bonchev–Trinajstić information content (AvgIpc) is 2.82. The van der Waals surface area contributed by atoms with E-state index in [1.54, 1.807) is 7.11 Å². The van der Waals surface area contributed by atoms with Crippen molar-refractivity contribution < 1.29 is 9.53 Å². The topological polar surface area (TPSA) is 41.6 Å². The van der Waals surface area contributed by atoms with E-state index in [1.807, 2.05) is 23.1 Å². The predicted octanol–water partition coefficient (Wildman–Crippen LogP) is 2.19. The van der Waals surface area contributed by atoms with Crippen molar-refractivity contribution in [2.24, 2.45) is 0 Å². The molecular formula is C17H26N2O2. The Bertz CT molecular complexity index is 449. The van der Waals surface area contributed by atoms with Gasteiger partial charge in [0.25, 0.3) is 0 Å². The Hall–Kier alpha value is -1.39. The lowest BCUT2D eigenvalue weighted by atomic mass is 10.1. The molecule has 116 valence electrons. The van der Waals surface area contributed by atoms with Gasteiger partial charge in [-0.3, -0.25) is 10.1 Å². The van der Waals surface area contributed by atoms with E-state index in [4.69, 9.17) is 4.74 Å². The van der Waals surface area contributed by atoms with E-state index in [1.165, 1.54) is 5.56 Å². The second-order valence-corrected chi connectivity index (χ2v) is 5.60. The van der Waals surface area contributed by atoms with Crippen molar-refractivity contribution in [3.63, 3.8) is 0 Å². The first-order valence-corrected chi connectivity index (χ1v) is 7.82. The molecule has 1 fully saturated rings. The molecule has 1 aliphatic heterocycles. The van der Waals surface area contributed by atoms with Gasteiger partial charge in [-0.05, 0) is 24.8 Å². The minimum Gasteiger partial charge on any atom is -0.383 e. The van der Waals surface area contributed by atoms with Gasteiger partial charge in [-0.15, -0.1) is 0 Å². The van der Waals surface area contributed by atoms with Crippen LogP contribution >= 0.6 is 0 Å². The van der Waals surface area contributed by atoms with Crippen molar-refractivity contribution in [1.82, 2.24) is 10.2 Å². The molecular weight excluding hydrogens is 264 g/mol. The van der Waals surface area contributed by atoms with Crippen LogP contribution in [0.25, 0.3) is 0 Å². The van der Waals surface area contributed by atoms with Crippen LogP contribution < -0.4 is 5.32 Å². The molecule has 1 saturated heterocycles. The Kier molecular flexibility index (Phi) is 5.76. The summed E-state index contributed by atoms with van der Waals surface area (Å²) in [7, 11) is 1.69. The summed E-state index contributed by atoms with van der Waals surface area (Å²) < 4.78 is 5.28. The van der Waals surface area contributed by atoms with Crippen LogP contribution in [0.15, 0.2) is 30.3 Å². The van der Waals surface area contributed by atoms with Crippen molar-refractivity contribution in [1.29, 1.82) is 0 Å². The van der Waals surface area contributed by atoms with Gasteiger partial charge >= 0.3 is 0 Å². The molecule has 0 bridgehead atoms. The molecule has 1 amide bonds. The molecule has 0 spiro atoms. The largest absolute Gasteiger partial charge is 0.383 e. The molecule has 0 aromatic heterocycles. The summed E-state index contributed by atoms with van der Waals surface area (Å²) in [5, 5.41) is 3.48. The predicted molar refractivity (Wildman–Crippen MR) is 83.9 cm³/mol. The Morgan fingerprint density at radius 3 is 2.57 bits per heavy atom. The number of hydrogen-bond acceptors (Lipinski definition) is 3. The number of rotatable bonds is 7. The first kappa shape index (κ1) is 16.0. The van der Waals surface area contributed by atoms with Crippen molar-refractivity contribution in [2.45, 2.75) is 51.4 Å². The molecule has 4 heteroatoms. The van der Waals surface area contributed by atoms with Crippen molar-refractivity contribution in [2.75, 3.05) is 13.7 Å². The van der Waals surface area contributed by atoms with Gasteiger partial charge in [0.05, 0.1) is 24.9 Å². The first-order valence-electron chi connectivity index (χ1n) is 7.82. The third-order valence-corrected chi connectivity index (χ3v) is 4.17. The van der Waals surface area contributed by atoms with E-state index in [0.29, 0.717) is 6.61 Å². The minimum atomic E-state index is -0.122. The second-order valence-electron chi connectivity index (χ2n) is 5.60. The average molecular weight is 290 g/mol.